The third kappa shape index (κ3) is 6.23. The van der Waals surface area contributed by atoms with Gasteiger partial charge in [-0.25, -0.2) is 0 Å². The van der Waals surface area contributed by atoms with E-state index in [1.54, 1.807) is 31.3 Å². The summed E-state index contributed by atoms with van der Waals surface area (Å²) in [5.41, 5.74) is 3.68. The van der Waals surface area contributed by atoms with Crippen LogP contribution in [0, 0.1) is 0 Å². The number of rotatable bonds is 4. The van der Waals surface area contributed by atoms with Crippen molar-refractivity contribution in [2.24, 2.45) is 0 Å². The van der Waals surface area contributed by atoms with Gasteiger partial charge in [0.15, 0.2) is 5.76 Å². The zero-order valence-corrected chi connectivity index (χ0v) is 26.0. The summed E-state index contributed by atoms with van der Waals surface area (Å²) in [6.07, 6.45) is 0. The molecule has 0 fully saturated rings. The van der Waals surface area contributed by atoms with E-state index in [0.717, 1.165) is 17.1 Å². The molecule has 0 N–H and O–H groups in total. The van der Waals surface area contributed by atoms with Crippen molar-refractivity contribution in [2.75, 3.05) is 7.11 Å². The van der Waals surface area contributed by atoms with E-state index in [4.69, 9.17) is 9.16 Å². The Kier molecular flexibility index (Phi) is 10.3. The fraction of sp³-hybridized carbons (Fsp3) is 0.241. The number of hydrogen-bond acceptors (Lipinski definition) is 2. The molecule has 0 saturated heterocycles. The molecule has 4 aromatic rings. The Morgan fingerprint density at radius 1 is 0.829 bits per heavy atom. The normalized spacial score (nSPS) is 14.5. The number of fused-ring (bicyclic) bond motifs is 4. The number of benzene rings is 3. The Hall–Kier alpha value is -1.58. The van der Waals surface area contributed by atoms with Gasteiger partial charge >= 0.3 is 41.3 Å². The molecular weight excluding hydrogens is 571 g/mol. The molecule has 0 aromatic heterocycles. The summed E-state index contributed by atoms with van der Waals surface area (Å²) in [5, 5.41) is 5.18. The summed E-state index contributed by atoms with van der Waals surface area (Å²) in [5.74, 6) is 1.89. The number of hydrogen-bond donors (Lipinski definition) is 0. The molecule has 5 rings (SSSR count). The average Bonchev–Trinajstić information content (AvgIpc) is 3.27. The minimum Gasteiger partial charge on any atom is -1.00 e. The molecule has 4 aromatic carbocycles. The quantitative estimate of drug-likeness (QED) is 0.263. The van der Waals surface area contributed by atoms with Gasteiger partial charge in [-0.3, -0.25) is 0 Å². The summed E-state index contributed by atoms with van der Waals surface area (Å²) < 4.78 is 14.1. The van der Waals surface area contributed by atoms with Crippen LogP contribution in [-0.2, 0) is 33.4 Å². The van der Waals surface area contributed by atoms with Crippen molar-refractivity contribution < 1.29 is 58.2 Å². The van der Waals surface area contributed by atoms with Crippen LogP contribution in [0.3, 0.4) is 0 Å². The van der Waals surface area contributed by atoms with Crippen LogP contribution in [0.2, 0.25) is 19.6 Å². The maximum absolute atomic E-state index is 6.67. The second kappa shape index (κ2) is 12.1. The first-order valence-corrected chi connectivity index (χ1v) is 16.0. The molecule has 1 unspecified atom stereocenters. The third-order valence-corrected chi connectivity index (χ3v) is 6.46. The van der Waals surface area contributed by atoms with Gasteiger partial charge in [-0.05, 0) is 25.2 Å². The van der Waals surface area contributed by atoms with Gasteiger partial charge in [0.05, 0.1) is 7.11 Å². The van der Waals surface area contributed by atoms with Crippen LogP contribution in [0.4, 0.5) is 0 Å². The molecular formula is C29H31Cl2O2SiZr-. The maximum atomic E-state index is 6.67. The van der Waals surface area contributed by atoms with Crippen LogP contribution >= 0.6 is 0 Å². The second-order valence-corrected chi connectivity index (χ2v) is 16.6. The molecule has 2 nitrogen and oxygen atoms in total. The fourth-order valence-electron chi connectivity index (χ4n) is 4.57. The molecule has 0 amide bonds. The van der Waals surface area contributed by atoms with E-state index in [9.17, 15) is 0 Å². The molecule has 1 atom stereocenters. The van der Waals surface area contributed by atoms with E-state index >= 15 is 0 Å². The van der Waals surface area contributed by atoms with Gasteiger partial charge in [-0.15, -0.1) is 33.7 Å². The summed E-state index contributed by atoms with van der Waals surface area (Å²) in [6, 6.07) is 26.1. The van der Waals surface area contributed by atoms with Gasteiger partial charge < -0.3 is 34.0 Å². The predicted molar refractivity (Wildman–Crippen MR) is 140 cm³/mol. The monoisotopic (exact) mass is 599 g/mol. The summed E-state index contributed by atoms with van der Waals surface area (Å²) in [4.78, 5) is 0. The van der Waals surface area contributed by atoms with Gasteiger partial charge in [0.1, 0.15) is 5.76 Å². The molecule has 0 bridgehead atoms. The van der Waals surface area contributed by atoms with Crippen molar-refractivity contribution in [2.45, 2.75) is 39.4 Å². The van der Waals surface area contributed by atoms with Crippen LogP contribution in [0.5, 0.6) is 0 Å². The fourth-order valence-corrected chi connectivity index (χ4v) is 5.44. The zero-order valence-electron chi connectivity index (χ0n) is 21.1. The van der Waals surface area contributed by atoms with Crippen LogP contribution in [-0.4, -0.2) is 18.6 Å². The van der Waals surface area contributed by atoms with Crippen LogP contribution in [0.15, 0.2) is 78.6 Å². The molecule has 0 saturated carbocycles. The molecule has 1 aliphatic carbocycles. The number of ether oxygens (including phenoxy) is 1. The standard InChI is InChI=1S/C26H25O2Si.C3H6.2ClH.Zr/c1-27-25-22-13-8-7-12-20(22)24(26(25)28-29(2,3)4)21-15-9-14-19-18-11-6-5-10-17(18)16-23(19)21;1-3-2;;;/h5-16,24H,1-4H3;1-2H3;2*1H;/q-1;;;;+2/p-2. The smallest absolute Gasteiger partial charge is 1.00 e. The maximum Gasteiger partial charge on any atom is -1.00 e. The number of allylic oxidation sites excluding steroid dienone is 1. The minimum absolute atomic E-state index is 0. The van der Waals surface area contributed by atoms with Gasteiger partial charge in [0, 0.05) is 11.5 Å². The molecule has 35 heavy (non-hydrogen) atoms. The molecule has 0 aliphatic heterocycles. The largest absolute Gasteiger partial charge is 1.00 e. The molecule has 6 heteroatoms. The van der Waals surface area contributed by atoms with Crippen LogP contribution < -0.4 is 24.8 Å². The first-order chi connectivity index (χ1) is 15.7. The van der Waals surface area contributed by atoms with Crippen LogP contribution in [0.1, 0.15) is 36.5 Å². The van der Waals surface area contributed by atoms with Crippen molar-refractivity contribution in [3.63, 3.8) is 0 Å². The van der Waals surface area contributed by atoms with Crippen LogP contribution in [0.25, 0.3) is 27.3 Å². The van der Waals surface area contributed by atoms with E-state index in [1.807, 2.05) is 0 Å². The van der Waals surface area contributed by atoms with Crippen molar-refractivity contribution >= 4 is 38.8 Å². The second-order valence-electron chi connectivity index (χ2n) is 9.67. The summed E-state index contributed by atoms with van der Waals surface area (Å²) in [6.45, 7) is 10.9. The Morgan fingerprint density at radius 2 is 1.40 bits per heavy atom. The SMILES string of the molecule is COC1=C(O[Si](C)(C)C)C(c2cccc3c2[cH-]c2ccccc23)c2ccccc21.C[C](C)=[Zr+2].[Cl-].[Cl-]. The first kappa shape index (κ1) is 29.6. The molecule has 0 spiro atoms. The van der Waals surface area contributed by atoms with Gasteiger partial charge in [-0.2, -0.15) is 0 Å². The average molecular weight is 602 g/mol. The predicted octanol–water partition coefficient (Wildman–Crippen LogP) is 1.78. The summed E-state index contributed by atoms with van der Waals surface area (Å²) in [7, 11) is -0.0819. The van der Waals surface area contributed by atoms with E-state index in [0.29, 0.717) is 0 Å². The Labute approximate surface area is 237 Å². The first-order valence-electron chi connectivity index (χ1n) is 11.4. The van der Waals surface area contributed by atoms with E-state index in [-0.39, 0.29) is 30.7 Å². The van der Waals surface area contributed by atoms with Crippen molar-refractivity contribution in [3.8, 4) is 0 Å². The van der Waals surface area contributed by atoms with Gasteiger partial charge in [0.25, 0.3) is 0 Å². The topological polar surface area (TPSA) is 18.5 Å². The zero-order chi connectivity index (χ0) is 23.8. The molecule has 1 aliphatic rings. The molecule has 0 radical (unpaired) electrons. The van der Waals surface area contributed by atoms with Gasteiger partial charge in [-0.1, -0.05) is 66.2 Å². The van der Waals surface area contributed by atoms with E-state index in [2.05, 4.69) is 106 Å². The minimum atomic E-state index is -1.83. The van der Waals surface area contributed by atoms with Crippen molar-refractivity contribution in [1.82, 2.24) is 0 Å². The molecule has 182 valence electrons. The van der Waals surface area contributed by atoms with E-state index in [1.165, 1.54) is 35.9 Å². The Bertz CT molecular complexity index is 1360. The summed E-state index contributed by atoms with van der Waals surface area (Å²) >= 11 is 1.55. The van der Waals surface area contributed by atoms with E-state index < -0.39 is 8.32 Å². The molecule has 0 heterocycles. The van der Waals surface area contributed by atoms with Crippen molar-refractivity contribution in [3.05, 3.63) is 95.2 Å². The van der Waals surface area contributed by atoms with Gasteiger partial charge in [0.2, 0.25) is 8.32 Å². The number of methoxy groups -OCH3 is 1. The Morgan fingerprint density at radius 3 is 2.06 bits per heavy atom. The third-order valence-electron chi connectivity index (χ3n) is 5.62. The number of halogens is 2. The Balaban J connectivity index is 0.000000672. The van der Waals surface area contributed by atoms with Crippen molar-refractivity contribution in [1.29, 1.82) is 0 Å².